The summed E-state index contributed by atoms with van der Waals surface area (Å²) in [7, 11) is 1.35. The molecule has 2 aromatic heterocycles. The number of amides is 1. The number of esters is 1. The second kappa shape index (κ2) is 8.99. The molecule has 0 saturated heterocycles. The number of hydrogen-bond acceptors (Lipinski definition) is 4. The number of rotatable bonds is 7. The molecule has 3 rings (SSSR count). The van der Waals surface area contributed by atoms with Gasteiger partial charge in [-0.05, 0) is 48.0 Å². The Bertz CT molecular complexity index is 906. The number of pyridine rings is 1. The predicted octanol–water partition coefficient (Wildman–Crippen LogP) is 3.32. The largest absolute Gasteiger partial charge is 0.469 e. The summed E-state index contributed by atoms with van der Waals surface area (Å²) >= 11 is 0. The Balaban J connectivity index is 1.81. The third kappa shape index (κ3) is 4.65. The minimum absolute atomic E-state index is 0.140. The summed E-state index contributed by atoms with van der Waals surface area (Å²) in [5.41, 5.74) is 2.44. The lowest BCUT2D eigenvalue weighted by Crippen LogP contribution is -2.36. The van der Waals surface area contributed by atoms with Crippen LogP contribution in [-0.4, -0.2) is 40.0 Å². The Kier molecular flexibility index (Phi) is 6.22. The molecule has 0 aliphatic heterocycles. The van der Waals surface area contributed by atoms with E-state index in [1.807, 2.05) is 53.4 Å². The summed E-state index contributed by atoms with van der Waals surface area (Å²) in [5, 5.41) is 0. The van der Waals surface area contributed by atoms with Crippen molar-refractivity contribution in [2.24, 2.45) is 5.92 Å². The Morgan fingerprint density at radius 2 is 1.82 bits per heavy atom. The van der Waals surface area contributed by atoms with E-state index in [2.05, 4.69) is 4.98 Å². The monoisotopic (exact) mass is 377 g/mol. The average molecular weight is 377 g/mol. The van der Waals surface area contributed by atoms with Crippen LogP contribution in [0.25, 0.3) is 5.69 Å². The number of methoxy groups -OCH3 is 1. The predicted molar refractivity (Wildman–Crippen MR) is 106 cm³/mol. The molecule has 6 heteroatoms. The molecule has 0 N–H and O–H groups in total. The van der Waals surface area contributed by atoms with Gasteiger partial charge in [-0.2, -0.15) is 0 Å². The van der Waals surface area contributed by atoms with Crippen LogP contribution in [0, 0.1) is 5.92 Å². The standard InChI is InChI=1S/C22H23N3O3/c1-17(22(27)28-2)15-25(16-18-6-5-11-23-14-18)21(26)19-7-9-20(10-8-19)24-12-3-4-13-24/h3-14,17H,15-16H2,1-2H3. The molecule has 2 heterocycles. The highest BCUT2D eigenvalue weighted by molar-refractivity contribution is 5.94. The number of hydrogen-bond donors (Lipinski definition) is 0. The molecule has 0 bridgehead atoms. The molecule has 6 nitrogen and oxygen atoms in total. The van der Waals surface area contributed by atoms with Gasteiger partial charge in [-0.25, -0.2) is 0 Å². The number of carbonyl (C=O) groups is 2. The van der Waals surface area contributed by atoms with Crippen molar-refractivity contribution in [1.82, 2.24) is 14.5 Å². The van der Waals surface area contributed by atoms with E-state index < -0.39 is 5.92 Å². The van der Waals surface area contributed by atoms with E-state index in [0.29, 0.717) is 12.1 Å². The van der Waals surface area contributed by atoms with Crippen molar-refractivity contribution in [1.29, 1.82) is 0 Å². The summed E-state index contributed by atoms with van der Waals surface area (Å²) in [6.45, 7) is 2.39. The van der Waals surface area contributed by atoms with Crippen LogP contribution in [0.1, 0.15) is 22.8 Å². The van der Waals surface area contributed by atoms with Crippen LogP contribution in [0.4, 0.5) is 0 Å². The van der Waals surface area contributed by atoms with Crippen molar-refractivity contribution in [2.75, 3.05) is 13.7 Å². The Hall–Kier alpha value is -3.41. The molecule has 0 aliphatic rings. The lowest BCUT2D eigenvalue weighted by Gasteiger charge is -2.25. The Morgan fingerprint density at radius 3 is 2.43 bits per heavy atom. The fraction of sp³-hybridized carbons (Fsp3) is 0.227. The first-order valence-electron chi connectivity index (χ1n) is 9.08. The molecular weight excluding hydrogens is 354 g/mol. The molecule has 1 unspecified atom stereocenters. The minimum atomic E-state index is -0.426. The highest BCUT2D eigenvalue weighted by Crippen LogP contribution is 2.15. The molecule has 28 heavy (non-hydrogen) atoms. The van der Waals surface area contributed by atoms with E-state index in [1.165, 1.54) is 7.11 Å². The number of ether oxygens (including phenoxy) is 1. The number of aromatic nitrogens is 2. The summed E-state index contributed by atoms with van der Waals surface area (Å²) < 4.78 is 6.79. The van der Waals surface area contributed by atoms with Gasteiger partial charge in [0.25, 0.3) is 5.91 Å². The van der Waals surface area contributed by atoms with Gasteiger partial charge in [0.1, 0.15) is 0 Å². The highest BCUT2D eigenvalue weighted by atomic mass is 16.5. The molecule has 1 amide bonds. The summed E-state index contributed by atoms with van der Waals surface area (Å²) in [6.07, 6.45) is 7.30. The van der Waals surface area contributed by atoms with Crippen molar-refractivity contribution in [2.45, 2.75) is 13.5 Å². The first-order chi connectivity index (χ1) is 13.6. The van der Waals surface area contributed by atoms with Gasteiger partial charge < -0.3 is 14.2 Å². The molecule has 0 saturated carbocycles. The zero-order valence-corrected chi connectivity index (χ0v) is 16.0. The minimum Gasteiger partial charge on any atom is -0.469 e. The van der Waals surface area contributed by atoms with Crippen LogP contribution >= 0.6 is 0 Å². The van der Waals surface area contributed by atoms with Crippen molar-refractivity contribution in [3.8, 4) is 5.69 Å². The topological polar surface area (TPSA) is 64.4 Å². The fourth-order valence-corrected chi connectivity index (χ4v) is 3.00. The third-order valence-electron chi connectivity index (χ3n) is 4.50. The third-order valence-corrected chi connectivity index (χ3v) is 4.50. The molecule has 0 radical (unpaired) electrons. The van der Waals surface area contributed by atoms with E-state index in [4.69, 9.17) is 4.74 Å². The Morgan fingerprint density at radius 1 is 1.11 bits per heavy atom. The second-order valence-corrected chi connectivity index (χ2v) is 6.61. The first-order valence-corrected chi connectivity index (χ1v) is 9.08. The van der Waals surface area contributed by atoms with Gasteiger partial charge in [0.15, 0.2) is 0 Å². The van der Waals surface area contributed by atoms with Gasteiger partial charge in [-0.15, -0.1) is 0 Å². The summed E-state index contributed by atoms with van der Waals surface area (Å²) in [6, 6.07) is 15.0. The van der Waals surface area contributed by atoms with Crippen molar-refractivity contribution in [3.63, 3.8) is 0 Å². The van der Waals surface area contributed by atoms with E-state index in [9.17, 15) is 9.59 Å². The van der Waals surface area contributed by atoms with Crippen LogP contribution in [0.2, 0.25) is 0 Å². The zero-order chi connectivity index (χ0) is 19.9. The van der Waals surface area contributed by atoms with E-state index in [0.717, 1.165) is 11.3 Å². The van der Waals surface area contributed by atoms with E-state index in [-0.39, 0.29) is 18.4 Å². The van der Waals surface area contributed by atoms with Crippen LogP contribution in [0.3, 0.4) is 0 Å². The van der Waals surface area contributed by atoms with Gasteiger partial charge in [0, 0.05) is 49.1 Å². The maximum atomic E-state index is 13.1. The van der Waals surface area contributed by atoms with Gasteiger partial charge in [0.2, 0.25) is 0 Å². The zero-order valence-electron chi connectivity index (χ0n) is 16.0. The lowest BCUT2D eigenvalue weighted by atomic mass is 10.1. The molecule has 0 aliphatic carbocycles. The van der Waals surface area contributed by atoms with Crippen molar-refractivity contribution >= 4 is 11.9 Å². The first kappa shape index (κ1) is 19.4. The van der Waals surface area contributed by atoms with Crippen LogP contribution in [0.5, 0.6) is 0 Å². The Labute approximate surface area is 164 Å². The molecule has 0 fully saturated rings. The maximum Gasteiger partial charge on any atom is 0.310 e. The average Bonchev–Trinajstić information content (AvgIpc) is 3.28. The van der Waals surface area contributed by atoms with E-state index >= 15 is 0 Å². The highest BCUT2D eigenvalue weighted by Gasteiger charge is 2.23. The van der Waals surface area contributed by atoms with Crippen LogP contribution in [0.15, 0.2) is 73.3 Å². The normalized spacial score (nSPS) is 11.6. The maximum absolute atomic E-state index is 13.1. The van der Waals surface area contributed by atoms with Crippen molar-refractivity contribution < 1.29 is 14.3 Å². The van der Waals surface area contributed by atoms with Gasteiger partial charge in [0.05, 0.1) is 13.0 Å². The lowest BCUT2D eigenvalue weighted by molar-refractivity contribution is -0.145. The molecule has 1 atom stereocenters. The molecule has 1 aromatic carbocycles. The molecule has 144 valence electrons. The van der Waals surface area contributed by atoms with Crippen LogP contribution < -0.4 is 0 Å². The van der Waals surface area contributed by atoms with Crippen LogP contribution in [-0.2, 0) is 16.1 Å². The smallest absolute Gasteiger partial charge is 0.310 e. The summed E-state index contributed by atoms with van der Waals surface area (Å²) in [4.78, 5) is 30.8. The molecule has 3 aromatic rings. The number of nitrogens with zero attached hydrogens (tertiary/aromatic N) is 3. The molecular formula is C22H23N3O3. The van der Waals surface area contributed by atoms with Gasteiger partial charge in [-0.3, -0.25) is 14.6 Å². The fourth-order valence-electron chi connectivity index (χ4n) is 3.00. The number of carbonyl (C=O) groups excluding carboxylic acids is 2. The number of benzene rings is 1. The quantitative estimate of drug-likeness (QED) is 0.593. The van der Waals surface area contributed by atoms with Gasteiger partial charge >= 0.3 is 5.97 Å². The molecule has 0 spiro atoms. The van der Waals surface area contributed by atoms with Gasteiger partial charge in [-0.1, -0.05) is 13.0 Å². The summed E-state index contributed by atoms with van der Waals surface area (Å²) in [5.74, 6) is -0.907. The van der Waals surface area contributed by atoms with E-state index in [1.54, 1.807) is 36.4 Å². The second-order valence-electron chi connectivity index (χ2n) is 6.61. The van der Waals surface area contributed by atoms with Crippen molar-refractivity contribution in [3.05, 3.63) is 84.4 Å². The SMILES string of the molecule is COC(=O)C(C)CN(Cc1cccnc1)C(=O)c1ccc(-n2cccc2)cc1.